The number of piperidine rings is 1. The molecule has 1 aliphatic rings. The van der Waals surface area contributed by atoms with Crippen molar-refractivity contribution in [1.82, 2.24) is 10.2 Å². The number of likely N-dealkylation sites (tertiary alicyclic amines) is 1. The Morgan fingerprint density at radius 2 is 1.80 bits per heavy atom. The molecule has 0 aromatic heterocycles. The molecule has 1 fully saturated rings. The highest BCUT2D eigenvalue weighted by molar-refractivity contribution is 7.98. The first-order valence-corrected chi connectivity index (χ1v) is 13.0. The monoisotopic (exact) mass is 534 g/mol. The van der Waals surface area contributed by atoms with E-state index in [1.165, 1.54) is 18.7 Å². The summed E-state index contributed by atoms with van der Waals surface area (Å²) in [5.74, 6) is -0.305. The van der Waals surface area contributed by atoms with Crippen molar-refractivity contribution in [3.63, 3.8) is 0 Å². The average molecular weight is 535 g/mol. The number of amides is 2. The summed E-state index contributed by atoms with van der Waals surface area (Å²) in [5, 5.41) is 3.54. The van der Waals surface area contributed by atoms with Crippen LogP contribution in [0.5, 0.6) is 0 Å². The number of benzene rings is 2. The van der Waals surface area contributed by atoms with Gasteiger partial charge in [0.05, 0.1) is 17.2 Å². The Bertz CT molecular complexity index is 1090. The third kappa shape index (κ3) is 7.50. The second-order valence-electron chi connectivity index (χ2n) is 8.24. The Hall–Kier alpha value is -2.48. The number of nitrogens with one attached hydrogen (secondary N) is 1. The number of carbonyl (C=O) groups excluding carboxylic acids is 3. The summed E-state index contributed by atoms with van der Waals surface area (Å²) in [6, 6.07) is 13.2. The SMILES string of the molecule is COC(=O)C(C)NC(=O)C1CCN(C(=O)C=Cc2ccc(SCc3ccccc3)c(Cl)c2Cl)CC1. The zero-order valence-electron chi connectivity index (χ0n) is 19.6. The van der Waals surface area contributed by atoms with Crippen LogP contribution in [0.25, 0.3) is 6.08 Å². The molecule has 0 radical (unpaired) electrons. The highest BCUT2D eigenvalue weighted by Crippen LogP contribution is 2.37. The van der Waals surface area contributed by atoms with E-state index in [4.69, 9.17) is 23.2 Å². The fourth-order valence-electron chi connectivity index (χ4n) is 3.72. The van der Waals surface area contributed by atoms with Crippen molar-refractivity contribution in [2.45, 2.75) is 36.5 Å². The number of carbonyl (C=O) groups is 3. The molecule has 1 saturated heterocycles. The van der Waals surface area contributed by atoms with Gasteiger partial charge in [-0.1, -0.05) is 59.6 Å². The minimum atomic E-state index is -0.699. The van der Waals surface area contributed by atoms with Crippen LogP contribution in [0, 0.1) is 5.92 Å². The van der Waals surface area contributed by atoms with Gasteiger partial charge >= 0.3 is 5.97 Å². The average Bonchev–Trinajstić information content (AvgIpc) is 2.88. The highest BCUT2D eigenvalue weighted by atomic mass is 35.5. The minimum absolute atomic E-state index is 0.151. The van der Waals surface area contributed by atoms with Gasteiger partial charge in [-0.25, -0.2) is 4.79 Å². The molecule has 1 N–H and O–H groups in total. The molecule has 3 rings (SSSR count). The predicted molar refractivity (Wildman–Crippen MR) is 140 cm³/mol. The number of nitrogens with zero attached hydrogens (tertiary/aromatic N) is 1. The number of methoxy groups -OCH3 is 1. The smallest absolute Gasteiger partial charge is 0.328 e. The van der Waals surface area contributed by atoms with Crippen molar-refractivity contribution in [1.29, 1.82) is 0 Å². The minimum Gasteiger partial charge on any atom is -0.467 e. The van der Waals surface area contributed by atoms with Crippen LogP contribution in [0.3, 0.4) is 0 Å². The van der Waals surface area contributed by atoms with Crippen LogP contribution in [0.15, 0.2) is 53.4 Å². The molecule has 1 heterocycles. The summed E-state index contributed by atoms with van der Waals surface area (Å²) in [5.41, 5.74) is 1.86. The molecule has 1 aliphatic heterocycles. The lowest BCUT2D eigenvalue weighted by Crippen LogP contribution is -2.46. The zero-order chi connectivity index (χ0) is 25.4. The standard InChI is InChI=1S/C26H28Cl2N2O4S/c1-17(26(33)34-2)29-25(32)20-12-14-30(15-13-20)22(31)11-9-19-8-10-21(24(28)23(19)27)35-16-18-6-4-3-5-7-18/h3-11,17,20H,12-16H2,1-2H3,(H,29,32). The van der Waals surface area contributed by atoms with Crippen LogP contribution in [-0.4, -0.2) is 48.9 Å². The van der Waals surface area contributed by atoms with Gasteiger partial charge in [0.1, 0.15) is 6.04 Å². The Labute approximate surface area is 220 Å². The number of halogens is 2. The van der Waals surface area contributed by atoms with Gasteiger partial charge in [-0.3, -0.25) is 9.59 Å². The lowest BCUT2D eigenvalue weighted by molar-refractivity contribution is -0.145. The third-order valence-corrected chi connectivity index (χ3v) is 7.95. The molecular weight excluding hydrogens is 507 g/mol. The molecule has 2 aromatic carbocycles. The van der Waals surface area contributed by atoms with Gasteiger partial charge < -0.3 is 15.0 Å². The van der Waals surface area contributed by atoms with Gasteiger partial charge in [0.15, 0.2) is 0 Å². The molecule has 186 valence electrons. The van der Waals surface area contributed by atoms with Gasteiger partial charge in [0.2, 0.25) is 11.8 Å². The van der Waals surface area contributed by atoms with Gasteiger partial charge in [0.25, 0.3) is 0 Å². The fraction of sp³-hybridized carbons (Fsp3) is 0.346. The molecule has 1 atom stereocenters. The first kappa shape index (κ1) is 27.1. The Balaban J connectivity index is 1.53. The molecule has 0 spiro atoms. The van der Waals surface area contributed by atoms with E-state index >= 15 is 0 Å². The molecule has 0 bridgehead atoms. The van der Waals surface area contributed by atoms with Crippen LogP contribution in [0.4, 0.5) is 0 Å². The van der Waals surface area contributed by atoms with Crippen LogP contribution >= 0.6 is 35.0 Å². The summed E-state index contributed by atoms with van der Waals surface area (Å²) in [6.45, 7) is 2.49. The van der Waals surface area contributed by atoms with E-state index < -0.39 is 12.0 Å². The molecule has 6 nitrogen and oxygen atoms in total. The van der Waals surface area contributed by atoms with Crippen molar-refractivity contribution < 1.29 is 19.1 Å². The van der Waals surface area contributed by atoms with E-state index in [1.54, 1.807) is 29.7 Å². The number of hydrogen-bond acceptors (Lipinski definition) is 5. The van der Waals surface area contributed by atoms with Gasteiger partial charge in [-0.05, 0) is 43.0 Å². The van der Waals surface area contributed by atoms with Crippen molar-refractivity contribution in [3.05, 3.63) is 69.7 Å². The van der Waals surface area contributed by atoms with E-state index in [1.807, 2.05) is 30.3 Å². The number of rotatable bonds is 8. The maximum absolute atomic E-state index is 12.7. The first-order valence-electron chi connectivity index (χ1n) is 11.3. The highest BCUT2D eigenvalue weighted by Gasteiger charge is 2.28. The summed E-state index contributed by atoms with van der Waals surface area (Å²) >= 11 is 14.6. The molecule has 2 amide bonds. The fourth-order valence-corrected chi connectivity index (χ4v) is 5.24. The molecule has 35 heavy (non-hydrogen) atoms. The third-order valence-electron chi connectivity index (χ3n) is 5.81. The van der Waals surface area contributed by atoms with Crippen LogP contribution in [-0.2, 0) is 24.9 Å². The lowest BCUT2D eigenvalue weighted by atomic mass is 9.95. The molecular formula is C26H28Cl2N2O4S. The van der Waals surface area contributed by atoms with E-state index in [0.717, 1.165) is 10.6 Å². The predicted octanol–water partition coefficient (Wildman–Crippen LogP) is 5.22. The van der Waals surface area contributed by atoms with Crippen molar-refractivity contribution in [2.75, 3.05) is 20.2 Å². The number of ether oxygens (including phenoxy) is 1. The van der Waals surface area contributed by atoms with Crippen molar-refractivity contribution >= 4 is 58.8 Å². The second kappa shape index (κ2) is 13.0. The molecule has 0 saturated carbocycles. The van der Waals surface area contributed by atoms with Crippen LogP contribution in [0.2, 0.25) is 10.0 Å². The molecule has 2 aromatic rings. The Morgan fingerprint density at radius 3 is 2.46 bits per heavy atom. The molecule has 0 aliphatic carbocycles. The second-order valence-corrected chi connectivity index (χ2v) is 10.0. The number of hydrogen-bond donors (Lipinski definition) is 1. The summed E-state index contributed by atoms with van der Waals surface area (Å²) in [4.78, 5) is 39.1. The van der Waals surface area contributed by atoms with Crippen LogP contribution in [0.1, 0.15) is 30.9 Å². The Kier molecular flexibility index (Phi) is 10.1. The molecule has 9 heteroatoms. The van der Waals surface area contributed by atoms with E-state index in [9.17, 15) is 14.4 Å². The topological polar surface area (TPSA) is 75.7 Å². The first-order chi connectivity index (χ1) is 16.8. The molecule has 1 unspecified atom stereocenters. The van der Waals surface area contributed by atoms with Gasteiger partial charge in [-0.2, -0.15) is 0 Å². The summed E-state index contributed by atoms with van der Waals surface area (Å²) in [7, 11) is 1.28. The van der Waals surface area contributed by atoms with E-state index in [0.29, 0.717) is 41.5 Å². The van der Waals surface area contributed by atoms with E-state index in [2.05, 4.69) is 22.2 Å². The number of thioether (sulfide) groups is 1. The van der Waals surface area contributed by atoms with Gasteiger partial charge in [-0.15, -0.1) is 11.8 Å². The van der Waals surface area contributed by atoms with Gasteiger partial charge in [0, 0.05) is 35.7 Å². The number of esters is 1. The Morgan fingerprint density at radius 1 is 1.11 bits per heavy atom. The quantitative estimate of drug-likeness (QED) is 0.285. The van der Waals surface area contributed by atoms with Crippen molar-refractivity contribution in [3.8, 4) is 0 Å². The maximum Gasteiger partial charge on any atom is 0.328 e. The summed E-state index contributed by atoms with van der Waals surface area (Å²) in [6.07, 6.45) is 4.20. The van der Waals surface area contributed by atoms with Crippen LogP contribution < -0.4 is 5.32 Å². The van der Waals surface area contributed by atoms with E-state index in [-0.39, 0.29) is 17.7 Å². The zero-order valence-corrected chi connectivity index (χ0v) is 22.0. The largest absolute Gasteiger partial charge is 0.467 e. The lowest BCUT2D eigenvalue weighted by Gasteiger charge is -2.31. The van der Waals surface area contributed by atoms with Crippen molar-refractivity contribution in [2.24, 2.45) is 5.92 Å². The summed E-state index contributed by atoms with van der Waals surface area (Å²) < 4.78 is 4.63. The maximum atomic E-state index is 12.7. The normalized spacial score (nSPS) is 15.1.